The van der Waals surface area contributed by atoms with Crippen molar-refractivity contribution in [3.8, 4) is 0 Å². The summed E-state index contributed by atoms with van der Waals surface area (Å²) in [6.07, 6.45) is 2.39. The van der Waals surface area contributed by atoms with Crippen molar-refractivity contribution in [1.29, 1.82) is 0 Å². The number of amides is 1. The van der Waals surface area contributed by atoms with Crippen LogP contribution in [0.4, 0.5) is 0 Å². The Hall–Kier alpha value is -0.870. The van der Waals surface area contributed by atoms with E-state index in [4.69, 9.17) is 0 Å². The van der Waals surface area contributed by atoms with Gasteiger partial charge in [-0.25, -0.2) is 0 Å². The highest BCUT2D eigenvalue weighted by atomic mass is 79.9. The van der Waals surface area contributed by atoms with Crippen molar-refractivity contribution in [3.63, 3.8) is 0 Å². The normalized spacial score (nSPS) is 19.4. The van der Waals surface area contributed by atoms with E-state index in [0.29, 0.717) is 12.5 Å². The lowest BCUT2D eigenvalue weighted by Crippen LogP contribution is -2.43. The number of likely N-dealkylation sites (N-methyl/N-ethyl adjacent to an activating group) is 1. The molecule has 1 fully saturated rings. The SMILES string of the molecule is CC1CCCN(C(=O)CN(C)Cc2ccccc2Br)C1. The number of benzene rings is 1. The lowest BCUT2D eigenvalue weighted by molar-refractivity contribution is -0.133. The van der Waals surface area contributed by atoms with Gasteiger partial charge in [0.1, 0.15) is 0 Å². The minimum Gasteiger partial charge on any atom is -0.341 e. The van der Waals surface area contributed by atoms with Crippen LogP contribution >= 0.6 is 15.9 Å². The van der Waals surface area contributed by atoms with Crippen LogP contribution in [0.3, 0.4) is 0 Å². The zero-order valence-corrected chi connectivity index (χ0v) is 13.9. The van der Waals surface area contributed by atoms with Gasteiger partial charge in [-0.1, -0.05) is 41.1 Å². The van der Waals surface area contributed by atoms with E-state index in [0.717, 1.165) is 30.5 Å². The molecule has 1 aliphatic heterocycles. The molecule has 110 valence electrons. The first kappa shape index (κ1) is 15.5. The Morgan fingerprint density at radius 1 is 1.45 bits per heavy atom. The molecule has 0 aliphatic carbocycles. The Kier molecular flexibility index (Phi) is 5.61. The van der Waals surface area contributed by atoms with Gasteiger partial charge in [0.15, 0.2) is 0 Å². The molecule has 0 saturated carbocycles. The molecular formula is C16H23BrN2O. The maximum Gasteiger partial charge on any atom is 0.236 e. The quantitative estimate of drug-likeness (QED) is 0.841. The maximum atomic E-state index is 12.3. The standard InChI is InChI=1S/C16H23BrN2O/c1-13-6-5-9-19(10-13)16(20)12-18(2)11-14-7-3-4-8-15(14)17/h3-4,7-8,13H,5-6,9-12H2,1-2H3. The number of nitrogens with zero attached hydrogens (tertiary/aromatic N) is 2. The van der Waals surface area contributed by atoms with Crippen molar-refractivity contribution in [3.05, 3.63) is 34.3 Å². The molecule has 20 heavy (non-hydrogen) atoms. The Morgan fingerprint density at radius 2 is 2.20 bits per heavy atom. The molecule has 1 aromatic carbocycles. The Morgan fingerprint density at radius 3 is 2.90 bits per heavy atom. The van der Waals surface area contributed by atoms with E-state index < -0.39 is 0 Å². The first-order chi connectivity index (χ1) is 9.56. The highest BCUT2D eigenvalue weighted by Crippen LogP contribution is 2.18. The fourth-order valence-corrected chi connectivity index (χ4v) is 3.13. The molecule has 2 rings (SSSR count). The van der Waals surface area contributed by atoms with Crippen LogP contribution in [-0.2, 0) is 11.3 Å². The minimum atomic E-state index is 0.256. The summed E-state index contributed by atoms with van der Waals surface area (Å²) in [4.78, 5) is 16.4. The number of carbonyl (C=O) groups excluding carboxylic acids is 1. The predicted molar refractivity (Wildman–Crippen MR) is 85.5 cm³/mol. The number of carbonyl (C=O) groups is 1. The molecule has 1 atom stereocenters. The van der Waals surface area contributed by atoms with E-state index in [1.54, 1.807) is 0 Å². The van der Waals surface area contributed by atoms with Crippen LogP contribution in [0.15, 0.2) is 28.7 Å². The number of rotatable bonds is 4. The number of halogens is 1. The zero-order chi connectivity index (χ0) is 14.5. The minimum absolute atomic E-state index is 0.256. The number of piperidine rings is 1. The maximum absolute atomic E-state index is 12.3. The lowest BCUT2D eigenvalue weighted by Gasteiger charge is -2.32. The Balaban J connectivity index is 1.86. The van der Waals surface area contributed by atoms with Crippen molar-refractivity contribution in [2.45, 2.75) is 26.3 Å². The first-order valence-corrected chi connectivity index (χ1v) is 8.05. The third-order valence-corrected chi connectivity index (χ3v) is 4.59. The molecule has 1 amide bonds. The van der Waals surface area contributed by atoms with Crippen LogP contribution in [0.2, 0.25) is 0 Å². The zero-order valence-electron chi connectivity index (χ0n) is 12.3. The smallest absolute Gasteiger partial charge is 0.236 e. The Labute approximate surface area is 130 Å². The second-order valence-corrected chi connectivity index (χ2v) is 6.71. The molecule has 0 bridgehead atoms. The van der Waals surface area contributed by atoms with Gasteiger partial charge in [0, 0.05) is 24.1 Å². The van der Waals surface area contributed by atoms with Gasteiger partial charge in [-0.2, -0.15) is 0 Å². The molecule has 0 radical (unpaired) electrons. The van der Waals surface area contributed by atoms with E-state index in [9.17, 15) is 4.79 Å². The van der Waals surface area contributed by atoms with Crippen LogP contribution in [0, 0.1) is 5.92 Å². The molecule has 1 heterocycles. The summed E-state index contributed by atoms with van der Waals surface area (Å²) in [6.45, 7) is 5.35. The molecule has 0 spiro atoms. The summed E-state index contributed by atoms with van der Waals surface area (Å²) in [7, 11) is 2.00. The van der Waals surface area contributed by atoms with E-state index >= 15 is 0 Å². The van der Waals surface area contributed by atoms with Crippen LogP contribution in [0.25, 0.3) is 0 Å². The molecule has 4 heteroatoms. The lowest BCUT2D eigenvalue weighted by atomic mass is 10.0. The molecule has 0 aromatic heterocycles. The Bertz CT molecular complexity index is 464. The van der Waals surface area contributed by atoms with Crippen LogP contribution in [-0.4, -0.2) is 42.4 Å². The third-order valence-electron chi connectivity index (χ3n) is 3.81. The summed E-state index contributed by atoms with van der Waals surface area (Å²) in [5.74, 6) is 0.896. The summed E-state index contributed by atoms with van der Waals surface area (Å²) in [5, 5.41) is 0. The average Bonchev–Trinajstić information content (AvgIpc) is 2.41. The average molecular weight is 339 g/mol. The second-order valence-electron chi connectivity index (χ2n) is 5.85. The van der Waals surface area contributed by atoms with Gasteiger partial charge >= 0.3 is 0 Å². The van der Waals surface area contributed by atoms with Gasteiger partial charge in [-0.3, -0.25) is 9.69 Å². The van der Waals surface area contributed by atoms with Crippen molar-refractivity contribution in [2.24, 2.45) is 5.92 Å². The van der Waals surface area contributed by atoms with Gasteiger partial charge in [0.05, 0.1) is 6.54 Å². The van der Waals surface area contributed by atoms with Crippen LogP contribution in [0.5, 0.6) is 0 Å². The molecular weight excluding hydrogens is 316 g/mol. The van der Waals surface area contributed by atoms with Gasteiger partial charge in [-0.05, 0) is 37.4 Å². The monoisotopic (exact) mass is 338 g/mol. The molecule has 0 N–H and O–H groups in total. The van der Waals surface area contributed by atoms with Crippen molar-refractivity contribution < 1.29 is 4.79 Å². The number of likely N-dealkylation sites (tertiary alicyclic amines) is 1. The molecule has 3 nitrogen and oxygen atoms in total. The van der Waals surface area contributed by atoms with E-state index in [1.807, 2.05) is 30.1 Å². The highest BCUT2D eigenvalue weighted by Gasteiger charge is 2.21. The van der Waals surface area contributed by atoms with E-state index in [-0.39, 0.29) is 5.91 Å². The van der Waals surface area contributed by atoms with Gasteiger partial charge in [0.25, 0.3) is 0 Å². The van der Waals surface area contributed by atoms with Gasteiger partial charge in [0.2, 0.25) is 5.91 Å². The summed E-state index contributed by atoms with van der Waals surface area (Å²) >= 11 is 3.55. The fraction of sp³-hybridized carbons (Fsp3) is 0.562. The first-order valence-electron chi connectivity index (χ1n) is 7.26. The van der Waals surface area contributed by atoms with Crippen molar-refractivity contribution >= 4 is 21.8 Å². The molecule has 1 aliphatic rings. The fourth-order valence-electron chi connectivity index (χ4n) is 2.72. The number of hydrogen-bond donors (Lipinski definition) is 0. The second kappa shape index (κ2) is 7.23. The van der Waals surface area contributed by atoms with Crippen molar-refractivity contribution in [1.82, 2.24) is 9.80 Å². The highest BCUT2D eigenvalue weighted by molar-refractivity contribution is 9.10. The molecule has 1 saturated heterocycles. The van der Waals surface area contributed by atoms with Gasteiger partial charge < -0.3 is 4.90 Å². The van der Waals surface area contributed by atoms with Crippen molar-refractivity contribution in [2.75, 3.05) is 26.7 Å². The summed E-state index contributed by atoms with van der Waals surface area (Å²) in [6, 6.07) is 8.17. The predicted octanol–water partition coefficient (Wildman–Crippen LogP) is 3.14. The summed E-state index contributed by atoms with van der Waals surface area (Å²) < 4.78 is 1.10. The van der Waals surface area contributed by atoms with E-state index in [2.05, 4.69) is 33.8 Å². The summed E-state index contributed by atoms with van der Waals surface area (Å²) in [5.41, 5.74) is 1.22. The third kappa shape index (κ3) is 4.32. The van der Waals surface area contributed by atoms with Gasteiger partial charge in [-0.15, -0.1) is 0 Å². The van der Waals surface area contributed by atoms with Crippen LogP contribution in [0.1, 0.15) is 25.3 Å². The molecule has 1 unspecified atom stereocenters. The van der Waals surface area contributed by atoms with Crippen LogP contribution < -0.4 is 0 Å². The largest absolute Gasteiger partial charge is 0.341 e. The topological polar surface area (TPSA) is 23.6 Å². The van der Waals surface area contributed by atoms with E-state index in [1.165, 1.54) is 12.0 Å². The molecule has 1 aromatic rings. The number of hydrogen-bond acceptors (Lipinski definition) is 2.